The molecule has 1 rings (SSSR count). The van der Waals surface area contributed by atoms with E-state index in [9.17, 15) is 13.2 Å². The third-order valence-corrected chi connectivity index (χ3v) is 3.61. The minimum Gasteiger partial charge on any atom is -0.349 e. The summed E-state index contributed by atoms with van der Waals surface area (Å²) in [5.41, 5.74) is 0. The lowest BCUT2D eigenvalue weighted by Gasteiger charge is -2.14. The zero-order valence-corrected chi connectivity index (χ0v) is 9.67. The molecule has 0 fully saturated rings. The molecule has 0 radical (unpaired) electrons. The molecule has 1 heterocycles. The van der Waals surface area contributed by atoms with Crippen LogP contribution in [0.2, 0.25) is 0 Å². The summed E-state index contributed by atoms with van der Waals surface area (Å²) in [5.74, 6) is -0.312. The van der Waals surface area contributed by atoms with Crippen molar-refractivity contribution in [2.24, 2.45) is 5.92 Å². The summed E-state index contributed by atoms with van der Waals surface area (Å²) in [6.45, 7) is 2.37. The summed E-state index contributed by atoms with van der Waals surface area (Å²) in [6, 6.07) is -0.373. The molecule has 0 aromatic carbocycles. The number of rotatable bonds is 4. The molecule has 6 heteroatoms. The van der Waals surface area contributed by atoms with Gasteiger partial charge in [0.05, 0.1) is 11.8 Å². The molecule has 0 aromatic heterocycles. The van der Waals surface area contributed by atoms with Crippen LogP contribution in [0.5, 0.6) is 0 Å². The van der Waals surface area contributed by atoms with Crippen molar-refractivity contribution in [1.82, 2.24) is 10.6 Å². The summed E-state index contributed by atoms with van der Waals surface area (Å²) in [6.07, 6.45) is 1.51. The summed E-state index contributed by atoms with van der Waals surface area (Å²) < 4.78 is 22.1. The minimum absolute atomic E-state index is 0.0228. The van der Waals surface area contributed by atoms with Gasteiger partial charge in [-0.05, 0) is 13.1 Å². The van der Waals surface area contributed by atoms with Gasteiger partial charge in [-0.1, -0.05) is 6.92 Å². The van der Waals surface area contributed by atoms with Crippen LogP contribution in [-0.2, 0) is 14.6 Å². The molecule has 1 aliphatic heterocycles. The van der Waals surface area contributed by atoms with Crippen molar-refractivity contribution < 1.29 is 13.2 Å². The van der Waals surface area contributed by atoms with E-state index in [1.165, 1.54) is 6.08 Å². The highest BCUT2D eigenvalue weighted by atomic mass is 32.2. The molecule has 2 unspecified atom stereocenters. The van der Waals surface area contributed by atoms with E-state index in [1.807, 2.05) is 0 Å². The Morgan fingerprint density at radius 3 is 2.73 bits per heavy atom. The Morgan fingerprint density at radius 2 is 2.27 bits per heavy atom. The van der Waals surface area contributed by atoms with Crippen LogP contribution >= 0.6 is 0 Å². The number of hydrogen-bond donors (Lipinski definition) is 2. The van der Waals surface area contributed by atoms with Crippen molar-refractivity contribution in [1.29, 1.82) is 0 Å². The molecule has 1 aliphatic rings. The molecule has 0 spiro atoms. The SMILES string of the molecule is CNCC(C)C(=O)NC1C=CS(=O)(=O)C1. The first kappa shape index (κ1) is 12.2. The van der Waals surface area contributed by atoms with E-state index in [1.54, 1.807) is 14.0 Å². The van der Waals surface area contributed by atoms with Crippen molar-refractivity contribution in [2.75, 3.05) is 19.3 Å². The van der Waals surface area contributed by atoms with Crippen LogP contribution in [0.3, 0.4) is 0 Å². The van der Waals surface area contributed by atoms with Crippen LogP contribution in [0.1, 0.15) is 6.92 Å². The monoisotopic (exact) mass is 232 g/mol. The van der Waals surface area contributed by atoms with E-state index in [2.05, 4.69) is 10.6 Å². The number of carbonyl (C=O) groups excluding carboxylic acids is 1. The van der Waals surface area contributed by atoms with Gasteiger partial charge in [0.15, 0.2) is 9.84 Å². The first-order valence-corrected chi connectivity index (χ1v) is 6.52. The second-order valence-corrected chi connectivity index (χ2v) is 5.66. The molecule has 0 aliphatic carbocycles. The molecule has 15 heavy (non-hydrogen) atoms. The summed E-state index contributed by atoms with van der Waals surface area (Å²) in [4.78, 5) is 11.5. The van der Waals surface area contributed by atoms with E-state index in [0.29, 0.717) is 6.54 Å². The molecule has 5 nitrogen and oxygen atoms in total. The van der Waals surface area contributed by atoms with Crippen LogP contribution in [0.25, 0.3) is 0 Å². The largest absolute Gasteiger partial charge is 0.349 e. The number of nitrogens with one attached hydrogen (secondary N) is 2. The van der Waals surface area contributed by atoms with E-state index in [4.69, 9.17) is 0 Å². The summed E-state index contributed by atoms with van der Waals surface area (Å²) in [7, 11) is -1.32. The van der Waals surface area contributed by atoms with Crippen LogP contribution in [0.4, 0.5) is 0 Å². The maximum absolute atomic E-state index is 11.5. The third-order valence-electron chi connectivity index (χ3n) is 2.22. The Balaban J connectivity index is 2.44. The first-order chi connectivity index (χ1) is 6.94. The Labute approximate surface area is 89.8 Å². The predicted octanol–water partition coefficient (Wildman–Crippen LogP) is -0.731. The normalized spacial score (nSPS) is 25.1. The maximum atomic E-state index is 11.5. The third kappa shape index (κ3) is 3.64. The van der Waals surface area contributed by atoms with Gasteiger partial charge in [-0.25, -0.2) is 8.42 Å². The predicted molar refractivity (Wildman–Crippen MR) is 57.9 cm³/mol. The van der Waals surface area contributed by atoms with Gasteiger partial charge in [-0.3, -0.25) is 4.79 Å². The Morgan fingerprint density at radius 1 is 1.60 bits per heavy atom. The van der Waals surface area contributed by atoms with Gasteiger partial charge < -0.3 is 10.6 Å². The van der Waals surface area contributed by atoms with E-state index in [-0.39, 0.29) is 23.6 Å². The van der Waals surface area contributed by atoms with Crippen LogP contribution in [0.15, 0.2) is 11.5 Å². The fourth-order valence-corrected chi connectivity index (χ4v) is 2.62. The number of carbonyl (C=O) groups is 1. The van der Waals surface area contributed by atoms with Gasteiger partial charge in [-0.15, -0.1) is 0 Å². The zero-order valence-electron chi connectivity index (χ0n) is 8.86. The zero-order chi connectivity index (χ0) is 11.5. The van der Waals surface area contributed by atoms with Crippen molar-refractivity contribution in [2.45, 2.75) is 13.0 Å². The van der Waals surface area contributed by atoms with Gasteiger partial charge in [0.2, 0.25) is 5.91 Å². The average molecular weight is 232 g/mol. The fourth-order valence-electron chi connectivity index (χ4n) is 1.39. The van der Waals surface area contributed by atoms with Crippen LogP contribution < -0.4 is 10.6 Å². The molecule has 2 N–H and O–H groups in total. The van der Waals surface area contributed by atoms with Gasteiger partial charge in [0.1, 0.15) is 0 Å². The second kappa shape index (κ2) is 4.76. The van der Waals surface area contributed by atoms with Gasteiger partial charge in [-0.2, -0.15) is 0 Å². The molecular formula is C9H16N2O3S. The highest BCUT2D eigenvalue weighted by molar-refractivity contribution is 7.94. The molecule has 0 bridgehead atoms. The summed E-state index contributed by atoms with van der Waals surface area (Å²) >= 11 is 0. The van der Waals surface area contributed by atoms with Gasteiger partial charge in [0, 0.05) is 17.9 Å². The van der Waals surface area contributed by atoms with Crippen molar-refractivity contribution in [3.05, 3.63) is 11.5 Å². The maximum Gasteiger partial charge on any atom is 0.224 e. The lowest BCUT2D eigenvalue weighted by molar-refractivity contribution is -0.124. The van der Waals surface area contributed by atoms with Crippen molar-refractivity contribution in [3.63, 3.8) is 0 Å². The first-order valence-electron chi connectivity index (χ1n) is 4.80. The number of sulfone groups is 1. The standard InChI is InChI=1S/C9H16N2O3S/c1-7(5-10-2)9(12)11-8-3-4-15(13,14)6-8/h3-4,7-8,10H,5-6H2,1-2H3,(H,11,12). The molecule has 0 saturated carbocycles. The molecule has 1 amide bonds. The lowest BCUT2D eigenvalue weighted by Crippen LogP contribution is -2.41. The highest BCUT2D eigenvalue weighted by Crippen LogP contribution is 2.08. The summed E-state index contributed by atoms with van der Waals surface area (Å²) in [5, 5.41) is 6.72. The van der Waals surface area contributed by atoms with E-state index in [0.717, 1.165) is 5.41 Å². The van der Waals surface area contributed by atoms with Crippen LogP contribution in [-0.4, -0.2) is 39.7 Å². The van der Waals surface area contributed by atoms with E-state index >= 15 is 0 Å². The average Bonchev–Trinajstić information content (AvgIpc) is 2.46. The van der Waals surface area contributed by atoms with Crippen LogP contribution in [0, 0.1) is 5.92 Å². The molecule has 0 saturated heterocycles. The molecule has 0 aromatic rings. The van der Waals surface area contributed by atoms with Gasteiger partial charge in [0.25, 0.3) is 0 Å². The van der Waals surface area contributed by atoms with E-state index < -0.39 is 9.84 Å². The molecule has 2 atom stereocenters. The quantitative estimate of drug-likeness (QED) is 0.670. The Hall–Kier alpha value is -0.880. The topological polar surface area (TPSA) is 75.3 Å². The lowest BCUT2D eigenvalue weighted by atomic mass is 10.1. The second-order valence-electron chi connectivity index (χ2n) is 3.73. The molecule has 86 valence electrons. The number of hydrogen-bond acceptors (Lipinski definition) is 4. The Kier molecular flexibility index (Phi) is 3.87. The number of amides is 1. The van der Waals surface area contributed by atoms with Crippen molar-refractivity contribution in [3.8, 4) is 0 Å². The molecular weight excluding hydrogens is 216 g/mol. The fraction of sp³-hybridized carbons (Fsp3) is 0.667. The smallest absolute Gasteiger partial charge is 0.224 e. The highest BCUT2D eigenvalue weighted by Gasteiger charge is 2.24. The Bertz CT molecular complexity index is 362. The van der Waals surface area contributed by atoms with Crippen molar-refractivity contribution >= 4 is 15.7 Å². The minimum atomic E-state index is -3.09. The van der Waals surface area contributed by atoms with Gasteiger partial charge >= 0.3 is 0 Å².